The van der Waals surface area contributed by atoms with Crippen LogP contribution < -0.4 is 24.3 Å². The van der Waals surface area contributed by atoms with Crippen molar-refractivity contribution in [1.82, 2.24) is 10.2 Å². The molecule has 56 heavy (non-hydrogen) atoms. The minimum atomic E-state index is -1.10. The lowest BCUT2D eigenvalue weighted by molar-refractivity contribution is -0.605. The third-order valence-electron chi connectivity index (χ3n) is 10.5. The van der Waals surface area contributed by atoms with Crippen molar-refractivity contribution < 1.29 is 38.4 Å². The Labute approximate surface area is 338 Å². The van der Waals surface area contributed by atoms with Crippen LogP contribution in [0.5, 0.6) is 17.2 Å². The van der Waals surface area contributed by atoms with Gasteiger partial charge in [-0.15, -0.1) is 11.3 Å². The average molecular weight is 819 g/mol. The number of halogens is 2. The fourth-order valence-electron chi connectivity index (χ4n) is 7.64. The number of hydrogen-bond donors (Lipinski definition) is 2. The number of alkyl carbamates (subject to hydrolysis) is 1. The van der Waals surface area contributed by atoms with E-state index in [-0.39, 0.29) is 34.1 Å². The van der Waals surface area contributed by atoms with Crippen LogP contribution in [0.3, 0.4) is 0 Å². The van der Waals surface area contributed by atoms with E-state index in [1.165, 1.54) is 26.6 Å². The number of pyridine rings is 1. The van der Waals surface area contributed by atoms with Gasteiger partial charge in [0.15, 0.2) is 23.9 Å². The lowest BCUT2D eigenvalue weighted by atomic mass is 9.85. The molecule has 3 saturated heterocycles. The number of ether oxygens (including phenoxy) is 4. The maximum atomic E-state index is 13.3. The first-order valence-electron chi connectivity index (χ1n) is 18.2. The summed E-state index contributed by atoms with van der Waals surface area (Å²) >= 11 is 14.2. The van der Waals surface area contributed by atoms with E-state index < -0.39 is 24.0 Å². The van der Waals surface area contributed by atoms with Gasteiger partial charge in [-0.3, -0.25) is 4.90 Å². The maximum Gasteiger partial charge on any atom is 0.408 e. The smallest absolute Gasteiger partial charge is 0.408 e. The summed E-state index contributed by atoms with van der Waals surface area (Å²) in [6.07, 6.45) is 4.09. The number of benzene rings is 3. The first-order valence-corrected chi connectivity index (χ1v) is 19.8. The Morgan fingerprint density at radius 1 is 0.929 bits per heavy atom. The van der Waals surface area contributed by atoms with Crippen LogP contribution in [0.25, 0.3) is 0 Å². The van der Waals surface area contributed by atoms with Gasteiger partial charge in [-0.1, -0.05) is 71.7 Å². The number of hydrogen-bond acceptors (Lipinski definition) is 9. The predicted molar refractivity (Wildman–Crippen MR) is 213 cm³/mol. The second kappa shape index (κ2) is 17.4. The second-order valence-corrected chi connectivity index (χ2v) is 15.8. The molecule has 2 bridgehead atoms. The zero-order chi connectivity index (χ0) is 39.3. The molecule has 11 nitrogen and oxygen atoms in total. The highest BCUT2D eigenvalue weighted by molar-refractivity contribution is 7.14. The van der Waals surface area contributed by atoms with Crippen LogP contribution >= 0.6 is 34.5 Å². The number of methoxy groups -OCH3 is 2. The van der Waals surface area contributed by atoms with E-state index in [0.717, 1.165) is 60.5 Å². The predicted octanol–water partition coefficient (Wildman–Crippen LogP) is 8.27. The first-order chi connectivity index (χ1) is 27.1. The third kappa shape index (κ3) is 8.84. The third-order valence-corrected chi connectivity index (χ3v) is 12.2. The summed E-state index contributed by atoms with van der Waals surface area (Å²) in [5.74, 6) is 0.218. The van der Waals surface area contributed by atoms with Crippen molar-refractivity contribution in [1.29, 1.82) is 0 Å². The van der Waals surface area contributed by atoms with E-state index in [1.54, 1.807) is 12.1 Å². The summed E-state index contributed by atoms with van der Waals surface area (Å²) in [4.78, 5) is 29.3. The van der Waals surface area contributed by atoms with Crippen molar-refractivity contribution in [3.8, 4) is 17.2 Å². The summed E-state index contributed by atoms with van der Waals surface area (Å²) in [5.41, 5.74) is 3.41. The van der Waals surface area contributed by atoms with Crippen molar-refractivity contribution in [3.05, 3.63) is 144 Å². The molecule has 0 unspecified atom stereocenters. The molecule has 2 N–H and O–H groups in total. The molecule has 0 saturated carbocycles. The first kappa shape index (κ1) is 39.2. The average Bonchev–Trinajstić information content (AvgIpc) is 3.64. The largest absolute Gasteiger partial charge is 0.619 e. The summed E-state index contributed by atoms with van der Waals surface area (Å²) in [5, 5.41) is 25.9. The molecule has 292 valence electrons. The van der Waals surface area contributed by atoms with Crippen LogP contribution in [-0.4, -0.2) is 62.0 Å². The minimum absolute atomic E-state index is 0.0706. The van der Waals surface area contributed by atoms with Gasteiger partial charge in [-0.2, -0.15) is 4.73 Å². The van der Waals surface area contributed by atoms with Crippen molar-refractivity contribution in [2.75, 3.05) is 33.9 Å². The van der Waals surface area contributed by atoms with Gasteiger partial charge in [0, 0.05) is 22.9 Å². The van der Waals surface area contributed by atoms with Gasteiger partial charge in [0.05, 0.1) is 20.3 Å². The molecular weight excluding hydrogens is 777 g/mol. The number of piperidine rings is 3. The molecule has 14 heteroatoms. The monoisotopic (exact) mass is 817 g/mol. The van der Waals surface area contributed by atoms with Gasteiger partial charge in [0.1, 0.15) is 33.4 Å². The number of nitrogens with one attached hydrogen (secondary N) is 1. The summed E-state index contributed by atoms with van der Waals surface area (Å²) in [6, 6.07) is 23.8. The summed E-state index contributed by atoms with van der Waals surface area (Å²) in [6.45, 7) is 2.93. The normalized spacial score (nSPS) is 18.5. The Morgan fingerprint density at radius 3 is 2.30 bits per heavy atom. The maximum absolute atomic E-state index is 13.3. The number of carboxylic acid groups (broad SMARTS) is 1. The Kier molecular flexibility index (Phi) is 12.2. The zero-order valence-electron chi connectivity index (χ0n) is 30.8. The van der Waals surface area contributed by atoms with Crippen molar-refractivity contribution in [2.45, 2.75) is 43.9 Å². The SMILES string of the molecule is COc1ccc([C@H](Cc2c(Cl)c[n+]([O-])cc2Cl)c2cc(COc3cccc([C@@H](NC(=O)O[C@H]4CN5CCC4CC5)c4ccccc4)c3)sc2C(=O)O)cc1OC. The van der Waals surface area contributed by atoms with E-state index in [1.807, 2.05) is 66.7 Å². The number of carbonyl (C=O) groups is 2. The quantitative estimate of drug-likeness (QED) is 0.0840. The fraction of sp³-hybridized carbons (Fsp3) is 0.310. The van der Waals surface area contributed by atoms with Crippen LogP contribution in [0.4, 0.5) is 4.79 Å². The van der Waals surface area contributed by atoms with Gasteiger partial charge < -0.3 is 34.6 Å². The highest BCUT2D eigenvalue weighted by Crippen LogP contribution is 2.41. The lowest BCUT2D eigenvalue weighted by Crippen LogP contribution is -2.52. The molecule has 0 spiro atoms. The van der Waals surface area contributed by atoms with E-state index in [9.17, 15) is 19.9 Å². The lowest BCUT2D eigenvalue weighted by Gasteiger charge is -2.43. The fourth-order valence-corrected chi connectivity index (χ4v) is 9.21. The molecule has 3 atom stereocenters. The number of carboxylic acids is 1. The van der Waals surface area contributed by atoms with Gasteiger partial charge in [-0.25, -0.2) is 9.59 Å². The molecule has 5 aromatic rings. The molecule has 0 radical (unpaired) electrons. The van der Waals surface area contributed by atoms with E-state index in [2.05, 4.69) is 10.2 Å². The van der Waals surface area contributed by atoms with Crippen molar-refractivity contribution in [2.24, 2.45) is 5.92 Å². The van der Waals surface area contributed by atoms with E-state index in [4.69, 9.17) is 42.1 Å². The number of fused-ring (bicyclic) bond motifs is 3. The van der Waals surface area contributed by atoms with Gasteiger partial charge in [0.25, 0.3) is 0 Å². The number of thiophene rings is 1. The second-order valence-electron chi connectivity index (χ2n) is 13.9. The Morgan fingerprint density at radius 2 is 1.64 bits per heavy atom. The molecule has 3 aliphatic heterocycles. The summed E-state index contributed by atoms with van der Waals surface area (Å²) < 4.78 is 23.8. The van der Waals surface area contributed by atoms with Gasteiger partial charge in [-0.05, 0) is 90.9 Å². The Bertz CT molecular complexity index is 2170. The number of aromatic nitrogens is 1. The van der Waals surface area contributed by atoms with Crippen molar-refractivity contribution >= 4 is 46.6 Å². The van der Waals surface area contributed by atoms with Crippen LogP contribution in [0, 0.1) is 11.1 Å². The number of rotatable bonds is 14. The Hall–Kier alpha value is -5.01. The highest BCUT2D eigenvalue weighted by atomic mass is 35.5. The van der Waals surface area contributed by atoms with Crippen molar-refractivity contribution in [3.63, 3.8) is 0 Å². The number of amides is 1. The molecular formula is C42H41Cl2N3O8S. The number of aromatic carboxylic acids is 1. The Balaban J connectivity index is 1.15. The van der Waals surface area contributed by atoms with Gasteiger partial charge >= 0.3 is 12.1 Å². The van der Waals surface area contributed by atoms with Crippen LogP contribution in [0.2, 0.25) is 10.0 Å². The molecule has 8 rings (SSSR count). The van der Waals surface area contributed by atoms with Crippen LogP contribution in [0.15, 0.2) is 91.3 Å². The van der Waals surface area contributed by atoms with Crippen LogP contribution in [-0.2, 0) is 17.8 Å². The van der Waals surface area contributed by atoms with Gasteiger partial charge in [0.2, 0.25) is 0 Å². The number of nitrogens with zero attached hydrogens (tertiary/aromatic N) is 2. The molecule has 1 amide bonds. The molecule has 2 aromatic heterocycles. The highest BCUT2D eigenvalue weighted by Gasteiger charge is 2.37. The van der Waals surface area contributed by atoms with E-state index in [0.29, 0.717) is 43.9 Å². The molecule has 5 heterocycles. The molecule has 3 aromatic carbocycles. The topological polar surface area (TPSA) is 134 Å². The number of carbonyl (C=O) groups excluding carboxylic acids is 1. The van der Waals surface area contributed by atoms with E-state index >= 15 is 0 Å². The molecule has 3 fully saturated rings. The summed E-state index contributed by atoms with van der Waals surface area (Å²) in [7, 11) is 3.06. The molecule has 0 aliphatic carbocycles. The zero-order valence-corrected chi connectivity index (χ0v) is 33.1. The molecule has 3 aliphatic rings. The van der Waals surface area contributed by atoms with Crippen LogP contribution in [0.1, 0.15) is 67.2 Å². The standard InChI is InChI=1S/C42H41Cl2N3O8S/c1-52-36-12-11-27(18-37(36)53-2)31(20-33-34(43)21-47(51)22-35(33)44)32-19-30(56-40(32)41(48)49)24-54-29-10-6-9-28(17-29)39(26-7-4-3-5-8-26)45-42(50)55-38-23-46-15-13-25(38)14-16-46/h3-12,17-19,21-22,25,31,38-39H,13-16,20,23-24H2,1-2H3,(H,45,50)(H,48,49)/t31-,38-,39-/m0/s1. The minimum Gasteiger partial charge on any atom is -0.619 e.